The van der Waals surface area contributed by atoms with Crippen LogP contribution in [0.2, 0.25) is 0 Å². The SMILES string of the molecule is O=C(Cc1ccc(F)cc1Br)c1ccc2c(c1)OCCO2. The molecule has 0 saturated heterocycles. The largest absolute Gasteiger partial charge is 0.486 e. The molecule has 2 aromatic carbocycles. The Morgan fingerprint density at radius 1 is 1.10 bits per heavy atom. The van der Waals surface area contributed by atoms with E-state index in [-0.39, 0.29) is 18.0 Å². The van der Waals surface area contributed by atoms with Crippen molar-refractivity contribution >= 4 is 21.7 Å². The van der Waals surface area contributed by atoms with E-state index in [4.69, 9.17) is 9.47 Å². The minimum Gasteiger partial charge on any atom is -0.486 e. The highest BCUT2D eigenvalue weighted by atomic mass is 79.9. The Bertz CT molecular complexity index is 700. The zero-order valence-electron chi connectivity index (χ0n) is 11.1. The van der Waals surface area contributed by atoms with Crippen molar-refractivity contribution in [2.75, 3.05) is 13.2 Å². The topological polar surface area (TPSA) is 35.5 Å². The molecule has 0 saturated carbocycles. The average Bonchev–Trinajstić information content (AvgIpc) is 2.49. The van der Waals surface area contributed by atoms with Crippen LogP contribution in [0.15, 0.2) is 40.9 Å². The minimum absolute atomic E-state index is 0.0562. The second kappa shape index (κ2) is 5.85. The minimum atomic E-state index is -0.336. The van der Waals surface area contributed by atoms with Gasteiger partial charge in [0.15, 0.2) is 17.3 Å². The van der Waals surface area contributed by atoms with Crippen molar-refractivity contribution in [2.45, 2.75) is 6.42 Å². The molecule has 5 heteroatoms. The van der Waals surface area contributed by atoms with Crippen molar-refractivity contribution in [1.29, 1.82) is 0 Å². The van der Waals surface area contributed by atoms with E-state index >= 15 is 0 Å². The first-order valence-electron chi connectivity index (χ1n) is 6.50. The van der Waals surface area contributed by atoms with Crippen LogP contribution in [0.5, 0.6) is 11.5 Å². The van der Waals surface area contributed by atoms with Gasteiger partial charge in [-0.15, -0.1) is 0 Å². The lowest BCUT2D eigenvalue weighted by Crippen LogP contribution is -2.16. The lowest BCUT2D eigenvalue weighted by molar-refractivity contribution is 0.0991. The van der Waals surface area contributed by atoms with Crippen LogP contribution < -0.4 is 9.47 Å². The Morgan fingerprint density at radius 3 is 2.62 bits per heavy atom. The highest BCUT2D eigenvalue weighted by Gasteiger charge is 2.16. The summed E-state index contributed by atoms with van der Waals surface area (Å²) in [6.45, 7) is 0.997. The molecule has 0 bridgehead atoms. The molecule has 0 amide bonds. The van der Waals surface area contributed by atoms with Gasteiger partial charge in [-0.2, -0.15) is 0 Å². The predicted octanol–water partition coefficient (Wildman–Crippen LogP) is 3.78. The van der Waals surface area contributed by atoms with Gasteiger partial charge in [0.05, 0.1) is 0 Å². The molecule has 1 aliphatic heterocycles. The number of halogens is 2. The van der Waals surface area contributed by atoms with Gasteiger partial charge in [0.1, 0.15) is 19.0 Å². The lowest BCUT2D eigenvalue weighted by Gasteiger charge is -2.18. The van der Waals surface area contributed by atoms with Gasteiger partial charge in [0.2, 0.25) is 0 Å². The van der Waals surface area contributed by atoms with E-state index in [1.54, 1.807) is 24.3 Å². The third kappa shape index (κ3) is 3.08. The molecule has 1 aliphatic rings. The fourth-order valence-electron chi connectivity index (χ4n) is 2.16. The van der Waals surface area contributed by atoms with E-state index in [0.29, 0.717) is 34.7 Å². The Kier molecular flexibility index (Phi) is 3.92. The average molecular weight is 351 g/mol. The number of Topliss-reactive ketones (excluding diaryl/α,β-unsaturated/α-hetero) is 1. The summed E-state index contributed by atoms with van der Waals surface area (Å²) in [5.41, 5.74) is 1.30. The van der Waals surface area contributed by atoms with Crippen molar-refractivity contribution < 1.29 is 18.7 Å². The third-order valence-electron chi connectivity index (χ3n) is 3.23. The van der Waals surface area contributed by atoms with Crippen LogP contribution in [0, 0.1) is 5.82 Å². The number of hydrogen-bond donors (Lipinski definition) is 0. The van der Waals surface area contributed by atoms with Crippen LogP contribution in [-0.2, 0) is 6.42 Å². The quantitative estimate of drug-likeness (QED) is 0.790. The first-order valence-corrected chi connectivity index (χ1v) is 7.29. The Hall–Kier alpha value is -1.88. The van der Waals surface area contributed by atoms with Crippen molar-refractivity contribution in [2.24, 2.45) is 0 Å². The fourth-order valence-corrected chi connectivity index (χ4v) is 2.65. The fraction of sp³-hybridized carbons (Fsp3) is 0.188. The summed E-state index contributed by atoms with van der Waals surface area (Å²) in [5.74, 6) is 0.850. The number of benzene rings is 2. The van der Waals surface area contributed by atoms with Gasteiger partial charge >= 0.3 is 0 Å². The molecule has 108 valence electrons. The zero-order chi connectivity index (χ0) is 14.8. The third-order valence-corrected chi connectivity index (χ3v) is 3.97. The maximum atomic E-state index is 13.1. The number of ether oxygens (including phenoxy) is 2. The molecule has 1 heterocycles. The Labute approximate surface area is 129 Å². The predicted molar refractivity (Wildman–Crippen MR) is 79.6 cm³/mol. The van der Waals surface area contributed by atoms with Gasteiger partial charge in [-0.3, -0.25) is 4.79 Å². The molecule has 21 heavy (non-hydrogen) atoms. The maximum Gasteiger partial charge on any atom is 0.167 e. The molecule has 3 rings (SSSR count). The van der Waals surface area contributed by atoms with Gasteiger partial charge in [0, 0.05) is 16.5 Å². The second-order valence-corrected chi connectivity index (χ2v) is 5.55. The molecule has 0 atom stereocenters. The van der Waals surface area contributed by atoms with Crippen molar-refractivity contribution in [3.8, 4) is 11.5 Å². The van der Waals surface area contributed by atoms with Crippen LogP contribution >= 0.6 is 15.9 Å². The second-order valence-electron chi connectivity index (χ2n) is 4.69. The first kappa shape index (κ1) is 14.1. The molecule has 3 nitrogen and oxygen atoms in total. The number of hydrogen-bond acceptors (Lipinski definition) is 3. The number of carbonyl (C=O) groups excluding carboxylic acids is 1. The molecule has 0 unspecified atom stereocenters. The summed E-state index contributed by atoms with van der Waals surface area (Å²) >= 11 is 3.27. The van der Waals surface area contributed by atoms with Gasteiger partial charge in [-0.1, -0.05) is 22.0 Å². The number of ketones is 1. The molecule has 0 radical (unpaired) electrons. The van der Waals surface area contributed by atoms with E-state index in [9.17, 15) is 9.18 Å². The van der Waals surface area contributed by atoms with Crippen LogP contribution in [0.3, 0.4) is 0 Å². The maximum absolute atomic E-state index is 13.1. The standard InChI is InChI=1S/C16H12BrFO3/c17-13-9-12(18)3-1-10(13)7-14(19)11-2-4-15-16(8-11)21-6-5-20-15/h1-4,8-9H,5-7H2. The number of fused-ring (bicyclic) bond motifs is 1. The molecular weight excluding hydrogens is 339 g/mol. The highest BCUT2D eigenvalue weighted by molar-refractivity contribution is 9.10. The molecular formula is C16H12BrFO3. The van der Waals surface area contributed by atoms with Crippen molar-refractivity contribution in [3.63, 3.8) is 0 Å². The lowest BCUT2D eigenvalue weighted by atomic mass is 10.0. The highest BCUT2D eigenvalue weighted by Crippen LogP contribution is 2.31. The summed E-state index contributed by atoms with van der Waals surface area (Å²) in [5, 5.41) is 0. The summed E-state index contributed by atoms with van der Waals surface area (Å²) in [6, 6.07) is 9.45. The summed E-state index contributed by atoms with van der Waals surface area (Å²) in [4.78, 5) is 12.3. The molecule has 0 N–H and O–H groups in total. The molecule has 0 aliphatic carbocycles. The van der Waals surface area contributed by atoms with Gasteiger partial charge in [0.25, 0.3) is 0 Å². The van der Waals surface area contributed by atoms with Crippen LogP contribution in [0.25, 0.3) is 0 Å². The van der Waals surface area contributed by atoms with Gasteiger partial charge < -0.3 is 9.47 Å². The van der Waals surface area contributed by atoms with E-state index in [1.165, 1.54) is 12.1 Å². The van der Waals surface area contributed by atoms with E-state index in [1.807, 2.05) is 0 Å². The van der Waals surface area contributed by atoms with Crippen LogP contribution in [-0.4, -0.2) is 19.0 Å². The smallest absolute Gasteiger partial charge is 0.167 e. The number of rotatable bonds is 3. The van der Waals surface area contributed by atoms with Gasteiger partial charge in [-0.05, 0) is 35.9 Å². The van der Waals surface area contributed by atoms with E-state index < -0.39 is 0 Å². The summed E-state index contributed by atoms with van der Waals surface area (Å²) < 4.78 is 24.5. The number of carbonyl (C=O) groups is 1. The van der Waals surface area contributed by atoms with E-state index in [0.717, 1.165) is 5.56 Å². The monoisotopic (exact) mass is 350 g/mol. The normalized spacial score (nSPS) is 13.0. The molecule has 0 spiro atoms. The van der Waals surface area contributed by atoms with Gasteiger partial charge in [-0.25, -0.2) is 4.39 Å². The van der Waals surface area contributed by atoms with Crippen LogP contribution in [0.1, 0.15) is 15.9 Å². The van der Waals surface area contributed by atoms with Crippen molar-refractivity contribution in [3.05, 3.63) is 57.8 Å². The summed E-state index contributed by atoms with van der Waals surface area (Å²) in [6.07, 6.45) is 0.195. The first-order chi connectivity index (χ1) is 10.1. The molecule has 2 aromatic rings. The molecule has 0 aromatic heterocycles. The Morgan fingerprint density at radius 2 is 1.86 bits per heavy atom. The summed E-state index contributed by atoms with van der Waals surface area (Å²) in [7, 11) is 0. The van der Waals surface area contributed by atoms with Crippen LogP contribution in [0.4, 0.5) is 4.39 Å². The zero-order valence-corrected chi connectivity index (χ0v) is 12.7. The van der Waals surface area contributed by atoms with E-state index in [2.05, 4.69) is 15.9 Å². The Balaban J connectivity index is 1.82. The molecule has 0 fully saturated rings. The van der Waals surface area contributed by atoms with Crippen molar-refractivity contribution in [1.82, 2.24) is 0 Å².